The monoisotopic (exact) mass is 297 g/mol. The number of hydrogen-bond donors (Lipinski definition) is 2. The summed E-state index contributed by atoms with van der Waals surface area (Å²) < 4.78 is 40.0. The average molecular weight is 297 g/mol. The summed E-state index contributed by atoms with van der Waals surface area (Å²) in [6.45, 7) is 1.33. The van der Waals surface area contributed by atoms with Crippen LogP contribution in [0.1, 0.15) is 18.4 Å². The Morgan fingerprint density at radius 3 is 2.85 bits per heavy atom. The van der Waals surface area contributed by atoms with Gasteiger partial charge in [0, 0.05) is 12.8 Å². The fraction of sp³-hybridized carbons (Fsp3) is 0.417. The first-order valence-electron chi connectivity index (χ1n) is 6.31. The Kier molecular flexibility index (Phi) is 3.27. The van der Waals surface area contributed by atoms with E-state index >= 15 is 0 Å². The van der Waals surface area contributed by atoms with E-state index in [0.717, 1.165) is 12.8 Å². The Bertz CT molecular complexity index is 651. The Hall–Kier alpha value is -1.80. The SMILES string of the molecule is NC1=NS(=O)(=O)Nc2cccc(OC3CCOCC3)c21. The molecule has 2 aliphatic rings. The minimum Gasteiger partial charge on any atom is -0.489 e. The van der Waals surface area contributed by atoms with E-state index < -0.39 is 10.2 Å². The summed E-state index contributed by atoms with van der Waals surface area (Å²) in [5, 5.41) is 0. The molecule has 2 aliphatic heterocycles. The first-order chi connectivity index (χ1) is 9.55. The largest absolute Gasteiger partial charge is 0.489 e. The van der Waals surface area contributed by atoms with Crippen molar-refractivity contribution in [3.63, 3.8) is 0 Å². The van der Waals surface area contributed by atoms with Gasteiger partial charge in [-0.3, -0.25) is 4.72 Å². The molecule has 0 spiro atoms. The van der Waals surface area contributed by atoms with Crippen LogP contribution in [0, 0.1) is 0 Å². The number of amidine groups is 1. The van der Waals surface area contributed by atoms with Crippen LogP contribution in [0.2, 0.25) is 0 Å². The highest BCUT2D eigenvalue weighted by molar-refractivity contribution is 7.91. The molecule has 7 nitrogen and oxygen atoms in total. The van der Waals surface area contributed by atoms with Gasteiger partial charge < -0.3 is 15.2 Å². The molecule has 0 aromatic heterocycles. The second-order valence-electron chi connectivity index (χ2n) is 4.66. The molecule has 1 saturated heterocycles. The van der Waals surface area contributed by atoms with Crippen molar-refractivity contribution in [2.45, 2.75) is 18.9 Å². The predicted octanol–water partition coefficient (Wildman–Crippen LogP) is 0.620. The Morgan fingerprint density at radius 2 is 2.10 bits per heavy atom. The third kappa shape index (κ3) is 2.56. The number of benzene rings is 1. The van der Waals surface area contributed by atoms with Crippen molar-refractivity contribution in [3.8, 4) is 5.75 Å². The van der Waals surface area contributed by atoms with Crippen LogP contribution in [0.4, 0.5) is 5.69 Å². The van der Waals surface area contributed by atoms with Crippen molar-refractivity contribution >= 4 is 21.7 Å². The van der Waals surface area contributed by atoms with Gasteiger partial charge in [-0.05, 0) is 12.1 Å². The number of ether oxygens (including phenoxy) is 2. The van der Waals surface area contributed by atoms with Crippen LogP contribution in [0.5, 0.6) is 5.75 Å². The number of nitrogens with one attached hydrogen (secondary N) is 1. The van der Waals surface area contributed by atoms with Gasteiger partial charge in [0.15, 0.2) is 5.84 Å². The van der Waals surface area contributed by atoms with Crippen molar-refractivity contribution in [2.75, 3.05) is 17.9 Å². The van der Waals surface area contributed by atoms with Gasteiger partial charge in [-0.1, -0.05) is 6.07 Å². The zero-order valence-electron chi connectivity index (χ0n) is 10.7. The molecule has 1 fully saturated rings. The maximum atomic E-state index is 11.5. The molecule has 3 N–H and O–H groups in total. The van der Waals surface area contributed by atoms with Gasteiger partial charge >= 0.3 is 10.2 Å². The van der Waals surface area contributed by atoms with Gasteiger partial charge in [0.2, 0.25) is 0 Å². The van der Waals surface area contributed by atoms with Crippen LogP contribution in [-0.2, 0) is 14.9 Å². The van der Waals surface area contributed by atoms with Crippen LogP contribution >= 0.6 is 0 Å². The van der Waals surface area contributed by atoms with Gasteiger partial charge in [-0.25, -0.2) is 0 Å². The molecule has 8 heteroatoms. The molecule has 108 valence electrons. The fourth-order valence-corrected chi connectivity index (χ4v) is 3.13. The van der Waals surface area contributed by atoms with Gasteiger partial charge in [0.1, 0.15) is 11.9 Å². The third-order valence-corrected chi connectivity index (χ3v) is 4.12. The Balaban J connectivity index is 1.94. The lowest BCUT2D eigenvalue weighted by Gasteiger charge is -2.26. The van der Waals surface area contributed by atoms with E-state index in [1.54, 1.807) is 18.2 Å². The van der Waals surface area contributed by atoms with Gasteiger partial charge in [-0.15, -0.1) is 4.40 Å². The van der Waals surface area contributed by atoms with Crippen molar-refractivity contribution in [1.82, 2.24) is 0 Å². The maximum absolute atomic E-state index is 11.5. The summed E-state index contributed by atoms with van der Waals surface area (Å²) in [7, 11) is -3.76. The predicted molar refractivity (Wildman–Crippen MR) is 74.2 cm³/mol. The summed E-state index contributed by atoms with van der Waals surface area (Å²) in [4.78, 5) is 0. The highest BCUT2D eigenvalue weighted by Gasteiger charge is 2.26. The zero-order chi connectivity index (χ0) is 14.2. The van der Waals surface area contributed by atoms with Gasteiger partial charge in [0.25, 0.3) is 0 Å². The lowest BCUT2D eigenvalue weighted by atomic mass is 10.1. The van der Waals surface area contributed by atoms with E-state index in [9.17, 15) is 8.42 Å². The first kappa shape index (κ1) is 13.2. The highest BCUT2D eigenvalue weighted by atomic mass is 32.2. The summed E-state index contributed by atoms with van der Waals surface area (Å²) in [6.07, 6.45) is 1.64. The maximum Gasteiger partial charge on any atom is 0.344 e. The molecule has 0 amide bonds. The molecule has 0 saturated carbocycles. The molecule has 2 heterocycles. The van der Waals surface area contributed by atoms with Crippen LogP contribution in [0.3, 0.4) is 0 Å². The molecule has 0 aliphatic carbocycles. The van der Waals surface area contributed by atoms with E-state index in [1.165, 1.54) is 0 Å². The van der Waals surface area contributed by atoms with Crippen molar-refractivity contribution < 1.29 is 17.9 Å². The molecule has 0 bridgehead atoms. The second kappa shape index (κ2) is 4.95. The Labute approximate surface area is 117 Å². The van der Waals surface area contributed by atoms with Crippen molar-refractivity contribution in [3.05, 3.63) is 23.8 Å². The number of nitrogens with two attached hydrogens (primary N) is 1. The molecule has 20 heavy (non-hydrogen) atoms. The number of hydrogen-bond acceptors (Lipinski definition) is 5. The fourth-order valence-electron chi connectivity index (χ4n) is 2.29. The van der Waals surface area contributed by atoms with Gasteiger partial charge in [-0.2, -0.15) is 8.42 Å². The summed E-state index contributed by atoms with van der Waals surface area (Å²) in [5.41, 5.74) is 6.64. The molecule has 1 aromatic carbocycles. The molecule has 0 atom stereocenters. The molecular weight excluding hydrogens is 282 g/mol. The van der Waals surface area contributed by atoms with Crippen LogP contribution in [-0.4, -0.2) is 33.6 Å². The number of fused-ring (bicyclic) bond motifs is 1. The molecular formula is C12H15N3O4S. The second-order valence-corrected chi connectivity index (χ2v) is 6.00. The summed E-state index contributed by atoms with van der Waals surface area (Å²) in [6, 6.07) is 5.11. The molecule has 1 aromatic rings. The number of anilines is 1. The summed E-state index contributed by atoms with van der Waals surface area (Å²) in [5.74, 6) is 0.486. The minimum absolute atomic E-state index is 0.0431. The van der Waals surface area contributed by atoms with Crippen molar-refractivity contribution in [1.29, 1.82) is 0 Å². The van der Waals surface area contributed by atoms with E-state index in [0.29, 0.717) is 30.2 Å². The quantitative estimate of drug-likeness (QED) is 0.833. The average Bonchev–Trinajstić information content (AvgIpc) is 2.38. The van der Waals surface area contributed by atoms with Gasteiger partial charge in [0.05, 0.1) is 24.5 Å². The molecule has 0 radical (unpaired) electrons. The lowest BCUT2D eigenvalue weighted by molar-refractivity contribution is 0.0255. The first-order valence-corrected chi connectivity index (χ1v) is 7.75. The highest BCUT2D eigenvalue weighted by Crippen LogP contribution is 2.31. The third-order valence-electron chi connectivity index (χ3n) is 3.20. The summed E-state index contributed by atoms with van der Waals surface area (Å²) >= 11 is 0. The molecule has 0 unspecified atom stereocenters. The van der Waals surface area contributed by atoms with Crippen LogP contribution in [0.15, 0.2) is 22.6 Å². The minimum atomic E-state index is -3.76. The number of nitrogens with zero attached hydrogens (tertiary/aromatic N) is 1. The Morgan fingerprint density at radius 1 is 1.35 bits per heavy atom. The topological polar surface area (TPSA) is 103 Å². The zero-order valence-corrected chi connectivity index (χ0v) is 11.5. The number of rotatable bonds is 2. The van der Waals surface area contributed by atoms with E-state index in [4.69, 9.17) is 15.2 Å². The van der Waals surface area contributed by atoms with Crippen LogP contribution in [0.25, 0.3) is 0 Å². The van der Waals surface area contributed by atoms with E-state index in [1.807, 2.05) is 0 Å². The van der Waals surface area contributed by atoms with E-state index in [-0.39, 0.29) is 11.9 Å². The standard InChI is InChI=1S/C12H15N3O4S/c13-12-11-9(14-20(16,17)15-12)2-1-3-10(11)19-8-4-6-18-7-5-8/h1-3,8,14H,4-7H2,(H2,13,15). The molecule has 3 rings (SSSR count). The van der Waals surface area contributed by atoms with Crippen molar-refractivity contribution in [2.24, 2.45) is 10.1 Å². The smallest absolute Gasteiger partial charge is 0.344 e. The normalized spacial score (nSPS) is 21.5. The lowest BCUT2D eigenvalue weighted by Crippen LogP contribution is -2.30. The van der Waals surface area contributed by atoms with E-state index in [2.05, 4.69) is 9.12 Å². The van der Waals surface area contributed by atoms with Crippen LogP contribution < -0.4 is 15.2 Å².